The highest BCUT2D eigenvalue weighted by Gasteiger charge is 2.33. The van der Waals surface area contributed by atoms with Gasteiger partial charge in [0.1, 0.15) is 40.6 Å². The molecule has 2 aromatic carbocycles. The van der Waals surface area contributed by atoms with Gasteiger partial charge < -0.3 is 19.1 Å². The van der Waals surface area contributed by atoms with Crippen LogP contribution in [0.1, 0.15) is 38.2 Å². The SMILES string of the molecule is CCc1c(F)ccc2cc(OCOC)cc(-c3nc4c5c(nc(SC)nc5c3F)N3CCCCC[C@H]3CO4)c12. The molecule has 4 aromatic rings. The van der Waals surface area contributed by atoms with Gasteiger partial charge in [0.15, 0.2) is 17.8 Å². The summed E-state index contributed by atoms with van der Waals surface area (Å²) in [5.74, 6) is 0.477. The minimum atomic E-state index is -0.596. The molecule has 2 aliphatic rings. The third kappa shape index (κ3) is 4.53. The third-order valence-electron chi connectivity index (χ3n) is 7.55. The number of fused-ring (bicyclic) bond motifs is 3. The van der Waals surface area contributed by atoms with Crippen molar-refractivity contribution in [2.75, 3.05) is 38.2 Å². The second-order valence-electron chi connectivity index (χ2n) is 9.84. The lowest BCUT2D eigenvalue weighted by molar-refractivity contribution is 0.0512. The maximum absolute atomic E-state index is 16.7. The molecule has 7 nitrogen and oxygen atoms in total. The zero-order valence-corrected chi connectivity index (χ0v) is 23.0. The van der Waals surface area contributed by atoms with Crippen LogP contribution in [0.4, 0.5) is 14.6 Å². The van der Waals surface area contributed by atoms with E-state index in [1.807, 2.05) is 13.2 Å². The van der Waals surface area contributed by atoms with Crippen LogP contribution < -0.4 is 14.4 Å². The van der Waals surface area contributed by atoms with Crippen molar-refractivity contribution in [3.05, 3.63) is 41.5 Å². The highest BCUT2D eigenvalue weighted by Crippen LogP contribution is 2.44. The average Bonchev–Trinajstić information content (AvgIpc) is 3.27. The Bertz CT molecular complexity index is 1570. The van der Waals surface area contributed by atoms with E-state index in [2.05, 4.69) is 9.88 Å². The number of rotatable bonds is 6. The molecule has 0 amide bonds. The highest BCUT2D eigenvalue weighted by atomic mass is 32.2. The molecule has 6 rings (SSSR count). The number of nitrogens with zero attached hydrogens (tertiary/aromatic N) is 4. The molecule has 2 aliphatic heterocycles. The summed E-state index contributed by atoms with van der Waals surface area (Å²) in [6.07, 6.45) is 6.54. The predicted molar refractivity (Wildman–Crippen MR) is 149 cm³/mol. The molecule has 4 heterocycles. The van der Waals surface area contributed by atoms with Crippen molar-refractivity contribution in [3.63, 3.8) is 0 Å². The molecule has 0 spiro atoms. The topological polar surface area (TPSA) is 69.6 Å². The quantitative estimate of drug-likeness (QED) is 0.152. The van der Waals surface area contributed by atoms with Crippen LogP contribution in [-0.2, 0) is 11.2 Å². The number of anilines is 1. The Morgan fingerprint density at radius 2 is 1.97 bits per heavy atom. The molecule has 2 aromatic heterocycles. The minimum Gasteiger partial charge on any atom is -0.475 e. The summed E-state index contributed by atoms with van der Waals surface area (Å²) in [7, 11) is 1.53. The van der Waals surface area contributed by atoms with Gasteiger partial charge in [0.25, 0.3) is 0 Å². The first kappa shape index (κ1) is 26.0. The molecule has 0 unspecified atom stereocenters. The van der Waals surface area contributed by atoms with E-state index in [-0.39, 0.29) is 29.9 Å². The number of pyridine rings is 1. The van der Waals surface area contributed by atoms with Gasteiger partial charge in [-0.1, -0.05) is 37.6 Å². The lowest BCUT2D eigenvalue weighted by atomic mass is 9.94. The molecule has 10 heteroatoms. The van der Waals surface area contributed by atoms with E-state index >= 15 is 8.78 Å². The van der Waals surface area contributed by atoms with Crippen LogP contribution in [0.3, 0.4) is 0 Å². The Labute approximate surface area is 229 Å². The molecule has 1 atom stereocenters. The van der Waals surface area contributed by atoms with Crippen molar-refractivity contribution < 1.29 is 23.0 Å². The predicted octanol–water partition coefficient (Wildman–Crippen LogP) is 6.53. The van der Waals surface area contributed by atoms with E-state index in [0.29, 0.717) is 62.9 Å². The van der Waals surface area contributed by atoms with Gasteiger partial charge in [-0.25, -0.2) is 23.7 Å². The summed E-state index contributed by atoms with van der Waals surface area (Å²) >= 11 is 1.37. The second kappa shape index (κ2) is 10.7. The number of methoxy groups -OCH3 is 1. The van der Waals surface area contributed by atoms with Gasteiger partial charge in [0.05, 0.1) is 6.04 Å². The first-order valence-electron chi connectivity index (χ1n) is 13.3. The number of hydrogen-bond acceptors (Lipinski definition) is 8. The Morgan fingerprint density at radius 1 is 1.10 bits per heavy atom. The average molecular weight is 553 g/mol. The number of benzene rings is 2. The normalized spacial score (nSPS) is 17.1. The summed E-state index contributed by atoms with van der Waals surface area (Å²) in [6, 6.07) is 6.70. The number of aryl methyl sites for hydroxylation is 1. The summed E-state index contributed by atoms with van der Waals surface area (Å²) in [6.45, 7) is 3.13. The number of hydrogen-bond donors (Lipinski definition) is 0. The largest absolute Gasteiger partial charge is 0.475 e. The lowest BCUT2D eigenvalue weighted by Gasteiger charge is -2.29. The first-order chi connectivity index (χ1) is 19.0. The maximum atomic E-state index is 16.7. The molecule has 0 N–H and O–H groups in total. The standard InChI is InChI=1S/C29H30F2N4O3S/c1-4-19-21(30)10-9-16-12-18(38-15-36-2)13-20(22(16)19)25-24(31)26-23-27(34-29(33-26)39-3)35-11-7-5-6-8-17(35)14-37-28(23)32-25/h9-10,12-13,17H,4-8,11,14-15H2,1-3H3/t17-/m0/s1. The van der Waals surface area contributed by atoms with E-state index in [9.17, 15) is 0 Å². The van der Waals surface area contributed by atoms with E-state index in [1.165, 1.54) is 24.9 Å². The molecule has 1 saturated heterocycles. The molecular formula is C29H30F2N4O3S. The summed E-state index contributed by atoms with van der Waals surface area (Å²) in [4.78, 5) is 16.4. The van der Waals surface area contributed by atoms with Crippen molar-refractivity contribution >= 4 is 39.3 Å². The van der Waals surface area contributed by atoms with Crippen LogP contribution in [0.15, 0.2) is 29.4 Å². The van der Waals surface area contributed by atoms with Crippen LogP contribution in [-0.4, -0.2) is 54.3 Å². The van der Waals surface area contributed by atoms with Gasteiger partial charge >= 0.3 is 0 Å². The molecule has 204 valence electrons. The van der Waals surface area contributed by atoms with Crippen LogP contribution >= 0.6 is 11.8 Å². The minimum absolute atomic E-state index is 0.0136. The first-order valence-corrected chi connectivity index (χ1v) is 14.5. The van der Waals surface area contributed by atoms with Crippen molar-refractivity contribution in [2.45, 2.75) is 50.2 Å². The smallest absolute Gasteiger partial charge is 0.227 e. The van der Waals surface area contributed by atoms with Crippen molar-refractivity contribution in [2.24, 2.45) is 0 Å². The number of thioether (sulfide) groups is 1. The summed E-state index contributed by atoms with van der Waals surface area (Å²) in [5, 5.41) is 2.26. The maximum Gasteiger partial charge on any atom is 0.227 e. The Morgan fingerprint density at radius 3 is 2.77 bits per heavy atom. The number of halogens is 2. The van der Waals surface area contributed by atoms with Crippen LogP contribution in [0.5, 0.6) is 11.6 Å². The molecule has 0 radical (unpaired) electrons. The van der Waals surface area contributed by atoms with Gasteiger partial charge in [0.2, 0.25) is 5.88 Å². The van der Waals surface area contributed by atoms with Gasteiger partial charge in [-0.2, -0.15) is 0 Å². The Kier molecular flexibility index (Phi) is 7.16. The zero-order valence-electron chi connectivity index (χ0n) is 22.2. The Balaban J connectivity index is 1.66. The van der Waals surface area contributed by atoms with Gasteiger partial charge in [-0.3, -0.25) is 0 Å². The summed E-state index contributed by atoms with van der Waals surface area (Å²) in [5.41, 5.74) is 1.09. The van der Waals surface area contributed by atoms with Crippen LogP contribution in [0, 0.1) is 11.6 Å². The number of ether oxygens (including phenoxy) is 3. The molecule has 0 aliphatic carbocycles. The fraction of sp³-hybridized carbons (Fsp3) is 0.414. The second-order valence-corrected chi connectivity index (χ2v) is 10.6. The third-order valence-corrected chi connectivity index (χ3v) is 8.10. The molecule has 39 heavy (non-hydrogen) atoms. The van der Waals surface area contributed by atoms with Crippen LogP contribution in [0.25, 0.3) is 32.9 Å². The molecule has 1 fully saturated rings. The fourth-order valence-electron chi connectivity index (χ4n) is 5.72. The van der Waals surface area contributed by atoms with Gasteiger partial charge in [0, 0.05) is 19.2 Å². The molecule has 0 bridgehead atoms. The van der Waals surface area contributed by atoms with Crippen LogP contribution in [0.2, 0.25) is 0 Å². The van der Waals surface area contributed by atoms with E-state index in [1.54, 1.807) is 18.2 Å². The van der Waals surface area contributed by atoms with Crippen molar-refractivity contribution in [1.82, 2.24) is 15.0 Å². The molecular weight excluding hydrogens is 522 g/mol. The molecule has 0 saturated carbocycles. The summed E-state index contributed by atoms with van der Waals surface area (Å²) < 4.78 is 48.8. The van der Waals surface area contributed by atoms with Gasteiger partial charge in [-0.15, -0.1) is 0 Å². The fourth-order valence-corrected chi connectivity index (χ4v) is 6.08. The zero-order chi connectivity index (χ0) is 27.1. The van der Waals surface area contributed by atoms with Crippen molar-refractivity contribution in [1.29, 1.82) is 0 Å². The van der Waals surface area contributed by atoms with E-state index in [4.69, 9.17) is 24.2 Å². The number of aromatic nitrogens is 3. The van der Waals surface area contributed by atoms with E-state index in [0.717, 1.165) is 32.2 Å². The lowest BCUT2D eigenvalue weighted by Crippen LogP contribution is -2.38. The monoisotopic (exact) mass is 552 g/mol. The van der Waals surface area contributed by atoms with Crippen molar-refractivity contribution in [3.8, 4) is 22.9 Å². The highest BCUT2D eigenvalue weighted by molar-refractivity contribution is 7.98. The van der Waals surface area contributed by atoms with E-state index < -0.39 is 5.82 Å². The Hall–Kier alpha value is -3.24. The van der Waals surface area contributed by atoms with Gasteiger partial charge in [-0.05, 0) is 60.1 Å².